The molecule has 0 aromatic carbocycles. The first kappa shape index (κ1) is 21.2. The third-order valence-corrected chi connectivity index (χ3v) is 5.80. The van der Waals surface area contributed by atoms with Crippen molar-refractivity contribution in [3.05, 3.63) is 26.7 Å². The van der Waals surface area contributed by atoms with Crippen LogP contribution < -0.4 is 11.2 Å². The standard InChI is InChI=1S/C19H25N5O4S/c1-5-8-24-16-14(18(27)22(4)19(24)28)17(21-15(20-16)11(2)3)29-10-13(26)23-9-6-7-12(23)25/h11H,5-10H2,1-4H3. The molecule has 0 N–H and O–H groups in total. The quantitative estimate of drug-likeness (QED) is 0.512. The average molecular weight is 420 g/mol. The number of thioether (sulfide) groups is 1. The maximum atomic E-state index is 12.9. The number of rotatable bonds is 6. The Morgan fingerprint density at radius 1 is 1.21 bits per heavy atom. The van der Waals surface area contributed by atoms with E-state index in [1.165, 1.54) is 16.5 Å². The summed E-state index contributed by atoms with van der Waals surface area (Å²) in [4.78, 5) is 60.0. The van der Waals surface area contributed by atoms with Gasteiger partial charge in [-0.2, -0.15) is 0 Å². The highest BCUT2D eigenvalue weighted by Gasteiger charge is 2.27. The number of aromatic nitrogens is 4. The van der Waals surface area contributed by atoms with Crippen LogP contribution in [0.15, 0.2) is 14.6 Å². The lowest BCUT2D eigenvalue weighted by Crippen LogP contribution is -2.39. The van der Waals surface area contributed by atoms with E-state index in [1.807, 2.05) is 20.8 Å². The number of nitrogens with zero attached hydrogens (tertiary/aromatic N) is 5. The summed E-state index contributed by atoms with van der Waals surface area (Å²) in [5.41, 5.74) is -0.613. The number of carbonyl (C=O) groups excluding carboxylic acids is 2. The number of hydrogen-bond donors (Lipinski definition) is 0. The van der Waals surface area contributed by atoms with Crippen molar-refractivity contribution in [1.29, 1.82) is 0 Å². The van der Waals surface area contributed by atoms with Crippen molar-refractivity contribution in [2.24, 2.45) is 7.05 Å². The predicted molar refractivity (Wildman–Crippen MR) is 110 cm³/mol. The van der Waals surface area contributed by atoms with Gasteiger partial charge in [0.25, 0.3) is 5.56 Å². The minimum atomic E-state index is -0.486. The third-order valence-electron chi connectivity index (χ3n) is 4.84. The molecule has 1 saturated heterocycles. The van der Waals surface area contributed by atoms with Gasteiger partial charge in [0.1, 0.15) is 16.2 Å². The van der Waals surface area contributed by atoms with Crippen LogP contribution in [0.4, 0.5) is 0 Å². The summed E-state index contributed by atoms with van der Waals surface area (Å²) in [6.07, 6.45) is 1.76. The first-order valence-electron chi connectivity index (χ1n) is 9.73. The van der Waals surface area contributed by atoms with Crippen molar-refractivity contribution in [1.82, 2.24) is 24.0 Å². The van der Waals surface area contributed by atoms with Gasteiger partial charge < -0.3 is 0 Å². The number of amides is 2. The molecule has 10 heteroatoms. The largest absolute Gasteiger partial charge is 0.332 e. The Balaban J connectivity index is 2.12. The summed E-state index contributed by atoms with van der Waals surface area (Å²) >= 11 is 1.11. The van der Waals surface area contributed by atoms with Crippen LogP contribution in [0, 0.1) is 0 Å². The topological polar surface area (TPSA) is 107 Å². The Morgan fingerprint density at radius 3 is 2.52 bits per heavy atom. The maximum absolute atomic E-state index is 12.9. The van der Waals surface area contributed by atoms with Gasteiger partial charge >= 0.3 is 5.69 Å². The van der Waals surface area contributed by atoms with Crippen LogP contribution in [-0.2, 0) is 23.2 Å². The maximum Gasteiger partial charge on any atom is 0.332 e. The number of aryl methyl sites for hydroxylation is 1. The molecule has 9 nitrogen and oxygen atoms in total. The van der Waals surface area contributed by atoms with E-state index in [0.29, 0.717) is 48.8 Å². The van der Waals surface area contributed by atoms with Gasteiger partial charge in [-0.3, -0.25) is 28.4 Å². The van der Waals surface area contributed by atoms with Crippen LogP contribution in [0.2, 0.25) is 0 Å². The van der Waals surface area contributed by atoms with Crippen LogP contribution in [0.5, 0.6) is 0 Å². The van der Waals surface area contributed by atoms with E-state index >= 15 is 0 Å². The van der Waals surface area contributed by atoms with E-state index in [0.717, 1.165) is 16.3 Å². The van der Waals surface area contributed by atoms with E-state index in [4.69, 9.17) is 0 Å². The number of fused-ring (bicyclic) bond motifs is 1. The molecule has 3 rings (SSSR count). The Morgan fingerprint density at radius 2 is 1.93 bits per heavy atom. The Kier molecular flexibility index (Phi) is 6.21. The normalized spacial score (nSPS) is 14.4. The molecule has 156 valence electrons. The molecule has 29 heavy (non-hydrogen) atoms. The molecule has 2 aromatic heterocycles. The van der Waals surface area contributed by atoms with Gasteiger partial charge in [-0.15, -0.1) is 0 Å². The Bertz CT molecular complexity index is 1090. The molecule has 2 aromatic rings. The number of carbonyl (C=O) groups is 2. The van der Waals surface area contributed by atoms with Crippen molar-refractivity contribution in [2.45, 2.75) is 57.5 Å². The van der Waals surface area contributed by atoms with Crippen molar-refractivity contribution in [2.75, 3.05) is 12.3 Å². The molecule has 1 aliphatic rings. The molecule has 0 bridgehead atoms. The molecule has 0 atom stereocenters. The number of hydrogen-bond acceptors (Lipinski definition) is 7. The Labute approximate surface area is 172 Å². The van der Waals surface area contributed by atoms with Gasteiger partial charge in [-0.05, 0) is 12.8 Å². The molecular formula is C19H25N5O4S. The van der Waals surface area contributed by atoms with Gasteiger partial charge in [-0.25, -0.2) is 14.8 Å². The molecule has 0 aliphatic carbocycles. The molecule has 1 aliphatic heterocycles. The zero-order chi connectivity index (χ0) is 21.3. The molecule has 3 heterocycles. The predicted octanol–water partition coefficient (Wildman–Crippen LogP) is 1.26. The number of likely N-dealkylation sites (tertiary alicyclic amines) is 1. The van der Waals surface area contributed by atoms with Gasteiger partial charge in [0.05, 0.1) is 5.75 Å². The highest BCUT2D eigenvalue weighted by Crippen LogP contribution is 2.25. The summed E-state index contributed by atoms with van der Waals surface area (Å²) in [7, 11) is 1.43. The molecule has 0 radical (unpaired) electrons. The van der Waals surface area contributed by atoms with E-state index in [1.54, 1.807) is 0 Å². The monoisotopic (exact) mass is 419 g/mol. The second-order valence-electron chi connectivity index (χ2n) is 7.37. The van der Waals surface area contributed by atoms with Gasteiger partial charge in [0, 0.05) is 32.5 Å². The lowest BCUT2D eigenvalue weighted by Gasteiger charge is -2.16. The van der Waals surface area contributed by atoms with Gasteiger partial charge in [0.2, 0.25) is 11.8 Å². The lowest BCUT2D eigenvalue weighted by molar-refractivity contribution is -0.140. The molecule has 2 amide bonds. The highest BCUT2D eigenvalue weighted by atomic mass is 32.2. The van der Waals surface area contributed by atoms with E-state index in [2.05, 4.69) is 9.97 Å². The zero-order valence-corrected chi connectivity index (χ0v) is 17.9. The summed E-state index contributed by atoms with van der Waals surface area (Å²) in [6.45, 7) is 6.64. The van der Waals surface area contributed by atoms with E-state index in [9.17, 15) is 19.2 Å². The summed E-state index contributed by atoms with van der Waals surface area (Å²) in [5.74, 6) is 0.00432. The summed E-state index contributed by atoms with van der Waals surface area (Å²) < 4.78 is 2.53. The minimum absolute atomic E-state index is 0.00849. The average Bonchev–Trinajstić information content (AvgIpc) is 3.12. The first-order valence-corrected chi connectivity index (χ1v) is 10.7. The highest BCUT2D eigenvalue weighted by molar-refractivity contribution is 8.00. The molecular weight excluding hydrogens is 394 g/mol. The molecule has 0 unspecified atom stereocenters. The van der Waals surface area contributed by atoms with Crippen LogP contribution in [0.3, 0.4) is 0 Å². The smallest absolute Gasteiger partial charge is 0.282 e. The van der Waals surface area contributed by atoms with Crippen molar-refractivity contribution >= 4 is 34.6 Å². The minimum Gasteiger partial charge on any atom is -0.282 e. The van der Waals surface area contributed by atoms with E-state index < -0.39 is 11.2 Å². The van der Waals surface area contributed by atoms with Crippen molar-refractivity contribution in [3.8, 4) is 0 Å². The van der Waals surface area contributed by atoms with Crippen LogP contribution in [-0.4, -0.2) is 48.1 Å². The molecule has 0 spiro atoms. The summed E-state index contributed by atoms with van der Waals surface area (Å²) in [6, 6.07) is 0. The first-order chi connectivity index (χ1) is 13.8. The van der Waals surface area contributed by atoms with Crippen LogP contribution >= 0.6 is 11.8 Å². The van der Waals surface area contributed by atoms with Crippen LogP contribution in [0.1, 0.15) is 51.8 Å². The molecule has 1 fully saturated rings. The fraction of sp³-hybridized carbons (Fsp3) is 0.579. The lowest BCUT2D eigenvalue weighted by atomic mass is 10.2. The third kappa shape index (κ3) is 3.98. The summed E-state index contributed by atoms with van der Waals surface area (Å²) in [5, 5.41) is 0.597. The fourth-order valence-corrected chi connectivity index (χ4v) is 4.16. The second-order valence-corrected chi connectivity index (χ2v) is 8.33. The van der Waals surface area contributed by atoms with Gasteiger partial charge in [-0.1, -0.05) is 32.5 Å². The van der Waals surface area contributed by atoms with Crippen LogP contribution in [0.25, 0.3) is 11.0 Å². The van der Waals surface area contributed by atoms with Crippen molar-refractivity contribution in [3.63, 3.8) is 0 Å². The Hall–Kier alpha value is -2.49. The zero-order valence-electron chi connectivity index (χ0n) is 17.1. The van der Waals surface area contributed by atoms with E-state index in [-0.39, 0.29) is 28.9 Å². The van der Waals surface area contributed by atoms with Crippen molar-refractivity contribution < 1.29 is 9.59 Å². The molecule has 0 saturated carbocycles. The number of imide groups is 1. The fourth-order valence-electron chi connectivity index (χ4n) is 3.26. The van der Waals surface area contributed by atoms with Gasteiger partial charge in [0.15, 0.2) is 5.65 Å². The SMILES string of the molecule is CCCn1c(=O)n(C)c(=O)c2c(SCC(=O)N3CCCC3=O)nc(C(C)C)nc21. The second kappa shape index (κ2) is 8.48.